The number of nitrogens with one attached hydrogen (secondary N) is 1. The first kappa shape index (κ1) is 14.5. The minimum absolute atomic E-state index is 0.00561. The van der Waals surface area contributed by atoms with E-state index in [1.54, 1.807) is 18.2 Å². The van der Waals surface area contributed by atoms with E-state index in [1.165, 1.54) is 6.07 Å². The van der Waals surface area contributed by atoms with Crippen molar-refractivity contribution in [1.82, 2.24) is 5.32 Å². The van der Waals surface area contributed by atoms with Crippen LogP contribution in [-0.4, -0.2) is 30.8 Å². The van der Waals surface area contributed by atoms with Crippen molar-refractivity contribution < 1.29 is 14.6 Å². The maximum absolute atomic E-state index is 11.7. The zero-order chi connectivity index (χ0) is 13.4. The molecule has 18 heavy (non-hydrogen) atoms. The highest BCUT2D eigenvalue weighted by atomic mass is 16.5. The van der Waals surface area contributed by atoms with Crippen LogP contribution in [-0.2, 0) is 4.74 Å². The van der Waals surface area contributed by atoms with E-state index in [9.17, 15) is 9.90 Å². The van der Waals surface area contributed by atoms with Crippen LogP contribution in [0.5, 0.6) is 5.75 Å². The maximum Gasteiger partial charge on any atom is 0.255 e. The summed E-state index contributed by atoms with van der Waals surface area (Å²) in [6.07, 6.45) is 0.770. The Kier molecular flexibility index (Phi) is 6.22. The molecular weight excluding hydrogens is 230 g/mol. The summed E-state index contributed by atoms with van der Waals surface area (Å²) in [5.41, 5.74) is 0.306. The van der Waals surface area contributed by atoms with Gasteiger partial charge >= 0.3 is 0 Å². The highest BCUT2D eigenvalue weighted by Gasteiger charge is 2.08. The van der Waals surface area contributed by atoms with Gasteiger partial charge in [0.05, 0.1) is 5.56 Å². The Morgan fingerprint density at radius 3 is 2.78 bits per heavy atom. The van der Waals surface area contributed by atoms with Crippen molar-refractivity contribution in [2.75, 3.05) is 19.8 Å². The van der Waals surface area contributed by atoms with E-state index in [0.29, 0.717) is 24.6 Å². The van der Waals surface area contributed by atoms with E-state index in [1.807, 2.05) is 0 Å². The van der Waals surface area contributed by atoms with Gasteiger partial charge in [-0.3, -0.25) is 4.79 Å². The first-order chi connectivity index (χ1) is 8.61. The molecule has 0 atom stereocenters. The second kappa shape index (κ2) is 7.71. The van der Waals surface area contributed by atoms with E-state index in [-0.39, 0.29) is 11.7 Å². The molecule has 0 spiro atoms. The lowest BCUT2D eigenvalue weighted by Crippen LogP contribution is -2.25. The predicted molar refractivity (Wildman–Crippen MR) is 70.7 cm³/mol. The molecule has 0 saturated heterocycles. The van der Waals surface area contributed by atoms with Crippen molar-refractivity contribution in [2.45, 2.75) is 20.3 Å². The van der Waals surface area contributed by atoms with Crippen LogP contribution < -0.4 is 5.32 Å². The Bertz CT molecular complexity index is 377. The van der Waals surface area contributed by atoms with E-state index in [4.69, 9.17) is 4.74 Å². The number of phenolic OH excluding ortho intramolecular Hbond substituents is 1. The smallest absolute Gasteiger partial charge is 0.255 e. The van der Waals surface area contributed by atoms with Crippen LogP contribution in [0.2, 0.25) is 0 Å². The quantitative estimate of drug-likeness (QED) is 0.730. The molecule has 1 aromatic rings. The Balaban J connectivity index is 2.20. The van der Waals surface area contributed by atoms with E-state index in [2.05, 4.69) is 19.2 Å². The zero-order valence-electron chi connectivity index (χ0n) is 11.0. The van der Waals surface area contributed by atoms with E-state index in [0.717, 1.165) is 13.0 Å². The van der Waals surface area contributed by atoms with E-state index < -0.39 is 0 Å². The normalized spacial score (nSPS) is 10.6. The van der Waals surface area contributed by atoms with Gasteiger partial charge in [0.15, 0.2) is 0 Å². The van der Waals surface area contributed by atoms with Gasteiger partial charge in [-0.15, -0.1) is 0 Å². The second-order valence-electron chi connectivity index (χ2n) is 4.60. The minimum Gasteiger partial charge on any atom is -0.507 e. The Morgan fingerprint density at radius 1 is 1.39 bits per heavy atom. The Labute approximate surface area is 108 Å². The van der Waals surface area contributed by atoms with Gasteiger partial charge in [-0.2, -0.15) is 0 Å². The molecule has 0 fully saturated rings. The Morgan fingerprint density at radius 2 is 2.11 bits per heavy atom. The summed E-state index contributed by atoms with van der Waals surface area (Å²) in [7, 11) is 0. The topological polar surface area (TPSA) is 58.6 Å². The molecule has 1 amide bonds. The van der Waals surface area contributed by atoms with Crippen molar-refractivity contribution in [2.24, 2.45) is 5.92 Å². The van der Waals surface area contributed by atoms with Crippen molar-refractivity contribution in [3.63, 3.8) is 0 Å². The fourth-order valence-electron chi connectivity index (χ4n) is 1.46. The van der Waals surface area contributed by atoms with Gasteiger partial charge in [0.25, 0.3) is 5.91 Å². The van der Waals surface area contributed by atoms with Crippen LogP contribution in [0.3, 0.4) is 0 Å². The third-order valence-electron chi connectivity index (χ3n) is 2.35. The maximum atomic E-state index is 11.7. The number of rotatable bonds is 7. The number of hydrogen-bond acceptors (Lipinski definition) is 3. The summed E-state index contributed by atoms with van der Waals surface area (Å²) < 4.78 is 5.41. The molecule has 0 radical (unpaired) electrons. The van der Waals surface area contributed by atoms with Crippen LogP contribution in [0.25, 0.3) is 0 Å². The van der Waals surface area contributed by atoms with Crippen LogP contribution in [0.15, 0.2) is 24.3 Å². The number of para-hydroxylation sites is 1. The summed E-state index contributed by atoms with van der Waals surface area (Å²) in [4.78, 5) is 11.7. The van der Waals surface area contributed by atoms with Gasteiger partial charge < -0.3 is 15.2 Å². The van der Waals surface area contributed by atoms with Crippen LogP contribution >= 0.6 is 0 Å². The molecular formula is C14H21NO3. The third-order valence-corrected chi connectivity index (χ3v) is 2.35. The van der Waals surface area contributed by atoms with Crippen LogP contribution in [0.4, 0.5) is 0 Å². The molecule has 0 unspecified atom stereocenters. The lowest BCUT2D eigenvalue weighted by atomic mass is 10.2. The first-order valence-corrected chi connectivity index (χ1v) is 6.25. The van der Waals surface area contributed by atoms with Gasteiger partial charge in [-0.25, -0.2) is 0 Å². The predicted octanol–water partition coefficient (Wildman–Crippen LogP) is 2.18. The Hall–Kier alpha value is -1.55. The molecule has 0 aliphatic rings. The SMILES string of the molecule is CC(C)COCCCNC(=O)c1ccccc1O. The molecule has 0 aromatic heterocycles. The summed E-state index contributed by atoms with van der Waals surface area (Å²) in [5, 5.41) is 12.2. The van der Waals surface area contributed by atoms with Gasteiger partial charge in [-0.1, -0.05) is 26.0 Å². The molecule has 1 rings (SSSR count). The molecule has 1 aromatic carbocycles. The first-order valence-electron chi connectivity index (χ1n) is 6.25. The van der Waals surface area contributed by atoms with Gasteiger partial charge in [0.2, 0.25) is 0 Å². The second-order valence-corrected chi connectivity index (χ2v) is 4.60. The molecule has 4 nitrogen and oxygen atoms in total. The van der Waals surface area contributed by atoms with Crippen LogP contribution in [0, 0.1) is 5.92 Å². The fourth-order valence-corrected chi connectivity index (χ4v) is 1.46. The van der Waals surface area contributed by atoms with Gasteiger partial charge in [0.1, 0.15) is 5.75 Å². The highest BCUT2D eigenvalue weighted by molar-refractivity contribution is 5.96. The molecule has 0 aliphatic heterocycles. The molecule has 100 valence electrons. The average Bonchev–Trinajstić information content (AvgIpc) is 2.33. The average molecular weight is 251 g/mol. The molecule has 0 aliphatic carbocycles. The van der Waals surface area contributed by atoms with E-state index >= 15 is 0 Å². The zero-order valence-corrected chi connectivity index (χ0v) is 11.0. The molecule has 0 saturated carbocycles. The lowest BCUT2D eigenvalue weighted by molar-refractivity contribution is 0.0922. The number of hydrogen-bond donors (Lipinski definition) is 2. The number of phenols is 1. The monoisotopic (exact) mass is 251 g/mol. The molecule has 4 heteroatoms. The van der Waals surface area contributed by atoms with Crippen LogP contribution in [0.1, 0.15) is 30.6 Å². The van der Waals surface area contributed by atoms with Crippen molar-refractivity contribution >= 4 is 5.91 Å². The van der Waals surface area contributed by atoms with Crippen molar-refractivity contribution in [1.29, 1.82) is 0 Å². The van der Waals surface area contributed by atoms with Crippen molar-refractivity contribution in [3.8, 4) is 5.75 Å². The van der Waals surface area contributed by atoms with Gasteiger partial charge in [0, 0.05) is 19.8 Å². The molecule has 0 heterocycles. The minimum atomic E-state index is -0.253. The number of benzene rings is 1. The number of carbonyl (C=O) groups is 1. The third kappa shape index (κ3) is 5.19. The standard InChI is InChI=1S/C14H21NO3/c1-11(2)10-18-9-5-8-15-14(17)12-6-3-4-7-13(12)16/h3-4,6-7,11,16H,5,8-10H2,1-2H3,(H,15,17). The van der Waals surface area contributed by atoms with Crippen molar-refractivity contribution in [3.05, 3.63) is 29.8 Å². The summed E-state index contributed by atoms with van der Waals surface area (Å²) in [5.74, 6) is 0.281. The largest absolute Gasteiger partial charge is 0.507 e. The fraction of sp³-hybridized carbons (Fsp3) is 0.500. The van der Waals surface area contributed by atoms with Gasteiger partial charge in [-0.05, 0) is 24.5 Å². The number of amides is 1. The summed E-state index contributed by atoms with van der Waals surface area (Å²) in [6.45, 7) is 6.12. The highest BCUT2D eigenvalue weighted by Crippen LogP contribution is 2.14. The molecule has 2 N–H and O–H groups in total. The number of ether oxygens (including phenoxy) is 1. The number of aromatic hydroxyl groups is 1. The lowest BCUT2D eigenvalue weighted by Gasteiger charge is -2.08. The summed E-state index contributed by atoms with van der Waals surface area (Å²) >= 11 is 0. The summed E-state index contributed by atoms with van der Waals surface area (Å²) in [6, 6.07) is 6.51. The number of carbonyl (C=O) groups excluding carboxylic acids is 1. The molecule has 0 bridgehead atoms.